The van der Waals surface area contributed by atoms with E-state index < -0.39 is 5.54 Å². The van der Waals surface area contributed by atoms with Crippen LogP contribution < -0.4 is 10.6 Å². The van der Waals surface area contributed by atoms with Gasteiger partial charge >= 0.3 is 6.03 Å². The molecule has 0 bridgehead atoms. The summed E-state index contributed by atoms with van der Waals surface area (Å²) in [4.78, 5) is 33.2. The molecule has 2 aliphatic heterocycles. The Balaban J connectivity index is 1.56. The maximum absolute atomic E-state index is 12.4. The summed E-state index contributed by atoms with van der Waals surface area (Å²) in [7, 11) is 1.83. The third-order valence-electron chi connectivity index (χ3n) is 6.80. The number of piperazine rings is 1. The lowest BCUT2D eigenvalue weighted by Gasteiger charge is -2.42. The van der Waals surface area contributed by atoms with Crippen molar-refractivity contribution < 1.29 is 14.0 Å². The highest BCUT2D eigenvalue weighted by molar-refractivity contribution is 6.35. The first kappa shape index (κ1) is 19.6. The van der Waals surface area contributed by atoms with E-state index in [0.29, 0.717) is 40.8 Å². The number of carbonyl (C=O) groups excluding carboxylic acids is 2. The zero-order chi connectivity index (χ0) is 21.0. The monoisotopic (exact) mass is 431 g/mol. The molecule has 2 N–H and O–H groups in total. The number of nitrogens with one attached hydrogen (secondary N) is 2. The van der Waals surface area contributed by atoms with Crippen LogP contribution in [-0.2, 0) is 16.9 Å². The van der Waals surface area contributed by atoms with Crippen LogP contribution in [0.25, 0.3) is 11.1 Å². The van der Waals surface area contributed by atoms with E-state index in [9.17, 15) is 9.59 Å². The van der Waals surface area contributed by atoms with Crippen molar-refractivity contribution in [3.8, 4) is 0 Å². The Bertz CT molecular complexity index is 1030. The summed E-state index contributed by atoms with van der Waals surface area (Å²) in [5.41, 5.74) is 2.41. The zero-order valence-electron chi connectivity index (χ0n) is 17.3. The molecule has 8 nitrogen and oxygen atoms in total. The molecule has 1 aliphatic carbocycles. The molecule has 2 fully saturated rings. The molecule has 2 aromatic rings. The van der Waals surface area contributed by atoms with Crippen LogP contribution in [0, 0.1) is 0 Å². The van der Waals surface area contributed by atoms with Crippen molar-refractivity contribution in [2.45, 2.75) is 57.2 Å². The Morgan fingerprint density at radius 1 is 1.27 bits per heavy atom. The fraction of sp³-hybridized carbons (Fsp3) is 0.571. The van der Waals surface area contributed by atoms with Crippen LogP contribution >= 0.6 is 11.6 Å². The molecule has 3 amide bonds. The summed E-state index contributed by atoms with van der Waals surface area (Å²) in [6.07, 6.45) is 4.93. The summed E-state index contributed by atoms with van der Waals surface area (Å²) in [6.45, 7) is 3.82. The molecule has 160 valence electrons. The third kappa shape index (κ3) is 3.04. The molecule has 1 spiro atoms. The number of oxazole rings is 1. The molecule has 3 aliphatic rings. The SMILES string of the molecule is CC1C(=O)N(C)CCN1Cc1nc2cc(Cl)c3c(c2o1)C1(CCCCC1)NC(=O)N3. The first-order valence-corrected chi connectivity index (χ1v) is 11.0. The minimum atomic E-state index is -0.479. The smallest absolute Gasteiger partial charge is 0.319 e. The number of hydrogen-bond acceptors (Lipinski definition) is 5. The van der Waals surface area contributed by atoms with Crippen molar-refractivity contribution in [1.82, 2.24) is 20.1 Å². The number of hydrogen-bond donors (Lipinski definition) is 2. The first-order chi connectivity index (χ1) is 14.4. The Morgan fingerprint density at radius 3 is 2.80 bits per heavy atom. The summed E-state index contributed by atoms with van der Waals surface area (Å²) in [5.74, 6) is 0.660. The second kappa shape index (κ2) is 7.13. The average molecular weight is 432 g/mol. The lowest BCUT2D eigenvalue weighted by atomic mass is 9.74. The van der Waals surface area contributed by atoms with E-state index in [2.05, 4.69) is 15.5 Å². The van der Waals surface area contributed by atoms with Crippen LogP contribution in [0.2, 0.25) is 5.02 Å². The van der Waals surface area contributed by atoms with Gasteiger partial charge in [0.1, 0.15) is 5.52 Å². The van der Waals surface area contributed by atoms with Gasteiger partial charge in [0.05, 0.1) is 28.8 Å². The number of urea groups is 1. The molecule has 5 rings (SSSR count). The van der Waals surface area contributed by atoms with Crippen LogP contribution in [0.1, 0.15) is 50.5 Å². The molecule has 1 aromatic carbocycles. The lowest BCUT2D eigenvalue weighted by molar-refractivity contribution is -0.139. The highest BCUT2D eigenvalue weighted by Gasteiger charge is 2.44. The molecule has 30 heavy (non-hydrogen) atoms. The van der Waals surface area contributed by atoms with Crippen molar-refractivity contribution in [2.75, 3.05) is 25.5 Å². The van der Waals surface area contributed by atoms with Gasteiger partial charge in [0.15, 0.2) is 5.58 Å². The predicted octanol–water partition coefficient (Wildman–Crippen LogP) is 3.44. The molecule has 0 radical (unpaired) electrons. The predicted molar refractivity (Wildman–Crippen MR) is 113 cm³/mol. The topological polar surface area (TPSA) is 90.7 Å². The summed E-state index contributed by atoms with van der Waals surface area (Å²) >= 11 is 6.56. The Kier molecular flexibility index (Phi) is 4.67. The minimum absolute atomic E-state index is 0.103. The van der Waals surface area contributed by atoms with E-state index in [1.165, 1.54) is 0 Å². The number of nitrogens with zero attached hydrogens (tertiary/aromatic N) is 3. The van der Waals surface area contributed by atoms with Gasteiger partial charge in [-0.25, -0.2) is 9.78 Å². The molecular formula is C21H26ClN5O3. The number of likely N-dealkylation sites (N-methyl/N-ethyl adjacent to an activating group) is 1. The number of fused-ring (bicyclic) bond motifs is 4. The van der Waals surface area contributed by atoms with Gasteiger partial charge in [-0.2, -0.15) is 0 Å². The zero-order valence-corrected chi connectivity index (χ0v) is 18.0. The van der Waals surface area contributed by atoms with Crippen molar-refractivity contribution >= 4 is 40.3 Å². The highest BCUT2D eigenvalue weighted by atomic mass is 35.5. The van der Waals surface area contributed by atoms with E-state index in [0.717, 1.165) is 44.2 Å². The van der Waals surface area contributed by atoms with Crippen molar-refractivity contribution in [3.05, 3.63) is 22.5 Å². The molecular weight excluding hydrogens is 406 g/mol. The second-order valence-corrected chi connectivity index (χ2v) is 9.10. The number of anilines is 1. The van der Waals surface area contributed by atoms with Crippen LogP contribution in [0.3, 0.4) is 0 Å². The molecule has 1 saturated carbocycles. The van der Waals surface area contributed by atoms with Gasteiger partial charge < -0.3 is 20.0 Å². The van der Waals surface area contributed by atoms with E-state index >= 15 is 0 Å². The van der Waals surface area contributed by atoms with Gasteiger partial charge in [-0.1, -0.05) is 30.9 Å². The van der Waals surface area contributed by atoms with Crippen LogP contribution in [0.5, 0.6) is 0 Å². The van der Waals surface area contributed by atoms with Gasteiger partial charge in [-0.15, -0.1) is 0 Å². The maximum Gasteiger partial charge on any atom is 0.319 e. The molecule has 3 heterocycles. The number of carbonyl (C=O) groups is 2. The average Bonchev–Trinajstić information content (AvgIpc) is 3.11. The van der Waals surface area contributed by atoms with Crippen LogP contribution in [0.15, 0.2) is 10.5 Å². The normalized spacial score (nSPS) is 24.1. The number of benzene rings is 1. The van der Waals surface area contributed by atoms with Gasteiger partial charge in [0, 0.05) is 25.7 Å². The van der Waals surface area contributed by atoms with E-state index in [1.807, 2.05) is 14.0 Å². The standard InChI is InChI=1S/C21H26ClN5O3/c1-12-19(28)26(2)8-9-27(12)11-15-23-14-10-13(22)17-16(18(14)30-15)21(25-20(29)24-17)6-4-3-5-7-21/h10,12H,3-9,11H2,1-2H3,(H2,24,25,29). The number of halogens is 1. The minimum Gasteiger partial charge on any atom is -0.439 e. The summed E-state index contributed by atoms with van der Waals surface area (Å²) in [5, 5.41) is 6.50. The van der Waals surface area contributed by atoms with Crippen LogP contribution in [0.4, 0.5) is 10.5 Å². The van der Waals surface area contributed by atoms with Crippen molar-refractivity contribution in [3.63, 3.8) is 0 Å². The Hall–Kier alpha value is -2.32. The van der Waals surface area contributed by atoms with Crippen molar-refractivity contribution in [1.29, 1.82) is 0 Å². The van der Waals surface area contributed by atoms with Gasteiger partial charge in [-0.3, -0.25) is 9.69 Å². The Morgan fingerprint density at radius 2 is 2.03 bits per heavy atom. The van der Waals surface area contributed by atoms with Gasteiger partial charge in [-0.05, 0) is 25.8 Å². The third-order valence-corrected chi connectivity index (χ3v) is 7.09. The molecule has 9 heteroatoms. The van der Waals surface area contributed by atoms with Crippen LogP contribution in [-0.4, -0.2) is 52.9 Å². The van der Waals surface area contributed by atoms with Crippen molar-refractivity contribution in [2.24, 2.45) is 0 Å². The molecule has 1 saturated heterocycles. The highest BCUT2D eigenvalue weighted by Crippen LogP contribution is 2.48. The van der Waals surface area contributed by atoms with E-state index in [4.69, 9.17) is 21.0 Å². The van der Waals surface area contributed by atoms with Gasteiger partial charge in [0.2, 0.25) is 11.8 Å². The largest absolute Gasteiger partial charge is 0.439 e. The Labute approximate surface area is 179 Å². The molecule has 1 aromatic heterocycles. The fourth-order valence-corrected chi connectivity index (χ4v) is 5.37. The maximum atomic E-state index is 12.4. The lowest BCUT2D eigenvalue weighted by Crippen LogP contribution is -2.53. The van der Waals surface area contributed by atoms with Gasteiger partial charge in [0.25, 0.3) is 0 Å². The number of rotatable bonds is 2. The molecule has 1 atom stereocenters. The second-order valence-electron chi connectivity index (χ2n) is 8.69. The number of amides is 3. The quantitative estimate of drug-likeness (QED) is 0.760. The van der Waals surface area contributed by atoms with E-state index in [1.54, 1.807) is 11.0 Å². The summed E-state index contributed by atoms with van der Waals surface area (Å²) in [6, 6.07) is 1.31. The fourth-order valence-electron chi connectivity index (χ4n) is 5.13. The summed E-state index contributed by atoms with van der Waals surface area (Å²) < 4.78 is 6.27. The van der Waals surface area contributed by atoms with E-state index in [-0.39, 0.29) is 18.0 Å². The molecule has 1 unspecified atom stereocenters. The number of aromatic nitrogens is 1. The first-order valence-electron chi connectivity index (χ1n) is 10.6.